The molecule has 1 spiro atoms. The molecule has 16 N–H and O–H groups in total. The third-order valence-corrected chi connectivity index (χ3v) is 24.4. The molecule has 2 bridgehead atoms. The molecule has 0 aromatic rings. The molecule has 0 radical (unpaired) electrons. The topological polar surface area (TPSA) is 442 Å². The normalized spacial score (nSPS) is 58.0. The van der Waals surface area contributed by atoms with Crippen molar-refractivity contribution >= 4 is 5.97 Å². The summed E-state index contributed by atoms with van der Waals surface area (Å²) in [6, 6.07) is 0. The molecule has 28 heteroatoms. The first-order valence-corrected chi connectivity index (χ1v) is 31.1. The molecule has 6 heterocycles. The fourth-order valence-corrected chi connectivity index (χ4v) is 19.3. The highest BCUT2D eigenvalue weighted by atomic mass is 16.8. The second kappa shape index (κ2) is 23.4. The van der Waals surface area contributed by atoms with Gasteiger partial charge in [-0.15, -0.1) is 0 Å². The number of fused-ring (bicyclic) bond motifs is 4. The Balaban J connectivity index is 0.893. The van der Waals surface area contributed by atoms with Crippen LogP contribution in [0.4, 0.5) is 0 Å². The highest BCUT2D eigenvalue weighted by Gasteiger charge is 2.84. The molecule has 0 aromatic heterocycles. The molecule has 28 nitrogen and oxygen atoms in total. The van der Waals surface area contributed by atoms with Gasteiger partial charge in [-0.25, -0.2) is 4.79 Å². The van der Waals surface area contributed by atoms with Crippen molar-refractivity contribution in [2.24, 2.45) is 50.2 Å². The van der Waals surface area contributed by atoms with Crippen LogP contribution in [0.15, 0.2) is 0 Å². The Kier molecular flexibility index (Phi) is 18.0. The second-order valence-electron chi connectivity index (χ2n) is 29.5. The lowest BCUT2D eigenvalue weighted by Gasteiger charge is -2.75. The molecule has 0 amide bonds. The molecule has 6 saturated heterocycles. The van der Waals surface area contributed by atoms with Crippen LogP contribution in [-0.2, 0) is 56.9 Å². The molecule has 11 aliphatic rings. The van der Waals surface area contributed by atoms with Gasteiger partial charge in [-0.05, 0) is 98.7 Å². The number of aliphatic hydroxyl groups excluding tert-OH is 15. The van der Waals surface area contributed by atoms with E-state index >= 15 is 0 Å². The zero-order chi connectivity index (χ0) is 63.5. The quantitative estimate of drug-likeness (QED) is 0.0845. The zero-order valence-electron chi connectivity index (χ0n) is 50.7. The summed E-state index contributed by atoms with van der Waals surface area (Å²) >= 11 is 0. The molecule has 36 atom stereocenters. The van der Waals surface area contributed by atoms with E-state index in [2.05, 4.69) is 34.6 Å². The van der Waals surface area contributed by atoms with Crippen molar-refractivity contribution in [3.8, 4) is 0 Å². The van der Waals surface area contributed by atoms with Crippen molar-refractivity contribution in [1.82, 2.24) is 0 Å². The summed E-state index contributed by atoms with van der Waals surface area (Å²) in [7, 11) is 0. The third kappa shape index (κ3) is 10.1. The first-order chi connectivity index (χ1) is 40.6. The van der Waals surface area contributed by atoms with E-state index in [1.165, 1.54) is 13.8 Å². The smallest absolute Gasteiger partial charge is 0.335 e. The number of carboxylic acid groups (broad SMARTS) is 1. The van der Waals surface area contributed by atoms with Gasteiger partial charge in [-0.2, -0.15) is 0 Å². The Morgan fingerprint density at radius 3 is 1.82 bits per heavy atom. The van der Waals surface area contributed by atoms with Crippen molar-refractivity contribution < 1.29 is 139 Å². The van der Waals surface area contributed by atoms with Gasteiger partial charge < -0.3 is 134 Å². The molecule has 5 saturated carbocycles. The molecule has 11 rings (SSSR count). The molecular weight excluding hydrogens is 1160 g/mol. The van der Waals surface area contributed by atoms with Gasteiger partial charge in [-0.1, -0.05) is 48.5 Å². The van der Waals surface area contributed by atoms with E-state index in [4.69, 9.17) is 52.1 Å². The van der Waals surface area contributed by atoms with E-state index in [-0.39, 0.29) is 18.3 Å². The zero-order valence-corrected chi connectivity index (χ0v) is 50.7. The van der Waals surface area contributed by atoms with Crippen LogP contribution < -0.4 is 0 Å². The van der Waals surface area contributed by atoms with Crippen LogP contribution in [0.3, 0.4) is 0 Å². The van der Waals surface area contributed by atoms with Crippen molar-refractivity contribution in [3.63, 3.8) is 0 Å². The minimum Gasteiger partial charge on any atom is -0.479 e. The van der Waals surface area contributed by atoms with Gasteiger partial charge in [0.1, 0.15) is 85.5 Å². The van der Waals surface area contributed by atoms with Crippen LogP contribution in [0, 0.1) is 50.2 Å². The number of hydrogen-bond donors (Lipinski definition) is 16. The monoisotopic (exact) mass is 1250 g/mol. The van der Waals surface area contributed by atoms with E-state index < -0.39 is 242 Å². The SMILES string of the molecule is CC1O[C@@H](OC2[C@H](OC3C[C@@H](O)C(CO)O[C@H]3O[C@H]3C(O[C@@H]4OC[C@H](O)[C@@H](O)C4O)[C@H](O[C@H]4CC[C@@]5(C)C(CC[C@]6(C)C5CC[C@]57O[C@H](O)[C@]8(C5CC(C)(C)[C@@H](O)[C@@H]8O)[C@H](O)C[C@]76C)C4(C)C)OC(C(=O)O)[C@H]3O)OC(C)[C@H](O)[C@@H]2O)C(O)[C@@H](O)[C@H]1O. The van der Waals surface area contributed by atoms with Gasteiger partial charge in [0.05, 0.1) is 67.0 Å². The first kappa shape index (κ1) is 66.9. The first-order valence-electron chi connectivity index (χ1n) is 31.1. The lowest BCUT2D eigenvalue weighted by Crippen LogP contribution is -2.76. The van der Waals surface area contributed by atoms with Crippen LogP contribution >= 0.6 is 0 Å². The maximum Gasteiger partial charge on any atom is 0.335 e. The predicted molar refractivity (Wildman–Crippen MR) is 289 cm³/mol. The number of aliphatic hydroxyl groups is 15. The van der Waals surface area contributed by atoms with Gasteiger partial charge in [0.15, 0.2) is 43.8 Å². The summed E-state index contributed by atoms with van der Waals surface area (Å²) < 4.78 is 68.9. The van der Waals surface area contributed by atoms with Gasteiger partial charge in [0.25, 0.3) is 0 Å². The van der Waals surface area contributed by atoms with Gasteiger partial charge in [-0.3, -0.25) is 0 Å². The highest BCUT2D eigenvalue weighted by molar-refractivity contribution is 5.73. The summed E-state index contributed by atoms with van der Waals surface area (Å²) in [5.41, 5.74) is -5.58. The third-order valence-electron chi connectivity index (χ3n) is 24.4. The van der Waals surface area contributed by atoms with E-state index in [0.717, 1.165) is 0 Å². The summed E-state index contributed by atoms with van der Waals surface area (Å²) in [5.74, 6) is -2.22. The van der Waals surface area contributed by atoms with Gasteiger partial charge in [0, 0.05) is 17.8 Å². The molecule has 500 valence electrons. The largest absolute Gasteiger partial charge is 0.479 e. The summed E-state index contributed by atoms with van der Waals surface area (Å²) in [4.78, 5) is 13.3. The molecular formula is C59H96O28. The van der Waals surface area contributed by atoms with Crippen molar-refractivity contribution in [2.45, 2.75) is 298 Å². The van der Waals surface area contributed by atoms with Crippen LogP contribution in [0.25, 0.3) is 0 Å². The maximum atomic E-state index is 13.3. The highest BCUT2D eigenvalue weighted by Crippen LogP contribution is 2.81. The maximum absolute atomic E-state index is 13.3. The Labute approximate surface area is 504 Å². The summed E-state index contributed by atoms with van der Waals surface area (Å²) in [5, 5.41) is 180. The molecule has 6 aliphatic heterocycles. The Hall–Kier alpha value is -1.57. The second-order valence-corrected chi connectivity index (χ2v) is 29.5. The number of rotatable bonds is 12. The fourth-order valence-electron chi connectivity index (χ4n) is 19.3. The van der Waals surface area contributed by atoms with Crippen LogP contribution in [-0.4, -0.2) is 279 Å². The van der Waals surface area contributed by atoms with Crippen molar-refractivity contribution in [1.29, 1.82) is 0 Å². The van der Waals surface area contributed by atoms with E-state index in [0.29, 0.717) is 44.9 Å². The number of hydrogen-bond acceptors (Lipinski definition) is 27. The predicted octanol–water partition coefficient (Wildman–Crippen LogP) is -3.45. The Morgan fingerprint density at radius 2 is 1.15 bits per heavy atom. The van der Waals surface area contributed by atoms with Crippen LogP contribution in [0.1, 0.15) is 120 Å². The Morgan fingerprint density at radius 1 is 0.540 bits per heavy atom. The van der Waals surface area contributed by atoms with E-state index in [9.17, 15) is 86.5 Å². The molecule has 12 unspecified atom stereocenters. The molecule has 11 fully saturated rings. The van der Waals surface area contributed by atoms with E-state index in [1.54, 1.807) is 0 Å². The Bertz CT molecular complexity index is 2460. The average molecular weight is 1250 g/mol. The molecule has 5 aliphatic carbocycles. The standard InChI is InChI=1S/C59H96O28/c1-21-32(64)35(67)38(70)49(78-21)85-42-36(68)33(65)22(2)79-50(42)80-25-16-23(61)26(19-60)81-47(25)83-40-39(71)41(46(74)75)84-51(43(40)86-48-37(69)34(66)24(62)20-77-48)82-31-12-13-55(7)27(54(31,5)6)10-14-56(8)28(55)11-15-58-29-17-53(3,4)44(72)45(73)59(29,52(76)87-58)30(63)18-57(56,58)9/h21-45,47-52,60-73,76H,10-20H2,1-9H3,(H,74,75)/t21?,22?,23-,24+,25?,26?,27?,28?,29?,30-,31+,32+,33+,34-,35+,36+,37?,38?,39+,40-,41?,42?,43?,44+,45+,47+,48+,49+,50+,51-,52+,55+,56-,57+,58+,59-/m1/s1. The summed E-state index contributed by atoms with van der Waals surface area (Å²) in [6.45, 7) is 16.0. The van der Waals surface area contributed by atoms with E-state index in [1.807, 2.05) is 13.8 Å². The van der Waals surface area contributed by atoms with Gasteiger partial charge >= 0.3 is 5.97 Å². The summed E-state index contributed by atoms with van der Waals surface area (Å²) in [6.07, 6.45) is -42.2. The van der Waals surface area contributed by atoms with Crippen LogP contribution in [0.5, 0.6) is 0 Å². The number of ether oxygens (including phenoxy) is 11. The average Bonchev–Trinajstić information content (AvgIpc) is 1.58. The number of carboxylic acids is 1. The lowest BCUT2D eigenvalue weighted by molar-refractivity contribution is -0.402. The fraction of sp³-hybridized carbons (Fsp3) is 0.983. The lowest BCUT2D eigenvalue weighted by atomic mass is 9.30. The molecule has 0 aromatic carbocycles. The number of carbonyl (C=O) groups is 1. The number of aliphatic carboxylic acids is 1. The molecule has 87 heavy (non-hydrogen) atoms. The van der Waals surface area contributed by atoms with Gasteiger partial charge in [0.2, 0.25) is 0 Å². The minimum atomic E-state index is -2.20. The van der Waals surface area contributed by atoms with Crippen molar-refractivity contribution in [2.75, 3.05) is 13.2 Å². The van der Waals surface area contributed by atoms with Crippen LogP contribution in [0.2, 0.25) is 0 Å². The minimum absolute atomic E-state index is 0.0212. The van der Waals surface area contributed by atoms with Crippen molar-refractivity contribution in [3.05, 3.63) is 0 Å².